The van der Waals surface area contributed by atoms with E-state index < -0.39 is 0 Å². The number of amides is 1. The zero-order valence-corrected chi connectivity index (χ0v) is 15.7. The molecule has 1 amide bonds. The van der Waals surface area contributed by atoms with Gasteiger partial charge in [-0.25, -0.2) is 0 Å². The highest BCUT2D eigenvalue weighted by Gasteiger charge is 2.29. The molecule has 1 N–H and O–H groups in total. The van der Waals surface area contributed by atoms with Crippen molar-refractivity contribution in [1.82, 2.24) is 25.3 Å². The molecule has 1 aromatic carbocycles. The smallest absolute Gasteiger partial charge is 0.242 e. The Labute approximate surface area is 162 Å². The van der Waals surface area contributed by atoms with E-state index in [1.54, 1.807) is 12.1 Å². The molecule has 1 aromatic heterocycles. The summed E-state index contributed by atoms with van der Waals surface area (Å²) >= 11 is 5.91. The van der Waals surface area contributed by atoms with E-state index in [4.69, 9.17) is 20.9 Å². The number of carbonyl (C=O) groups is 1. The summed E-state index contributed by atoms with van der Waals surface area (Å²) in [6.45, 7) is 5.35. The maximum absolute atomic E-state index is 12.5. The Morgan fingerprint density at radius 3 is 2.70 bits per heavy atom. The number of ether oxygens (including phenoxy) is 1. The highest BCUT2D eigenvalue weighted by Crippen LogP contribution is 2.19. The Balaban J connectivity index is 1.29. The van der Waals surface area contributed by atoms with E-state index in [1.807, 2.05) is 17.0 Å². The van der Waals surface area contributed by atoms with Crippen LogP contribution in [0.2, 0.25) is 5.02 Å². The molecular weight excluding hydrogens is 370 g/mol. The minimum atomic E-state index is -0.219. The molecule has 144 valence electrons. The SMILES string of the molecule is O=C(C1COCCN1)N1CCN(Cc2nc(-c3ccc(Cl)cc3)no2)CC1. The van der Waals surface area contributed by atoms with Crippen molar-refractivity contribution in [3.8, 4) is 11.4 Å². The van der Waals surface area contributed by atoms with Crippen LogP contribution < -0.4 is 5.32 Å². The Bertz CT molecular complexity index is 768. The third-order valence-electron chi connectivity index (χ3n) is 4.83. The second-order valence-corrected chi connectivity index (χ2v) is 7.14. The van der Waals surface area contributed by atoms with Crippen LogP contribution in [-0.2, 0) is 16.1 Å². The largest absolute Gasteiger partial charge is 0.378 e. The Morgan fingerprint density at radius 2 is 2.00 bits per heavy atom. The topological polar surface area (TPSA) is 83.7 Å². The summed E-state index contributed by atoms with van der Waals surface area (Å²) in [5.74, 6) is 1.25. The number of rotatable bonds is 4. The van der Waals surface area contributed by atoms with E-state index in [0.29, 0.717) is 49.6 Å². The van der Waals surface area contributed by atoms with Crippen LogP contribution in [0, 0.1) is 0 Å². The molecule has 0 aliphatic carbocycles. The van der Waals surface area contributed by atoms with Crippen molar-refractivity contribution in [3.05, 3.63) is 35.2 Å². The summed E-state index contributed by atoms with van der Waals surface area (Å²) in [5.41, 5.74) is 0.868. The standard InChI is InChI=1S/C18H22ClN5O3/c19-14-3-1-13(2-4-14)17-21-16(27-22-17)11-23-6-8-24(9-7-23)18(25)15-12-26-10-5-20-15/h1-4,15,20H,5-12H2. The normalized spacial score (nSPS) is 21.4. The summed E-state index contributed by atoms with van der Waals surface area (Å²) in [5, 5.41) is 7.93. The van der Waals surface area contributed by atoms with Gasteiger partial charge in [-0.15, -0.1) is 0 Å². The molecule has 2 aliphatic heterocycles. The van der Waals surface area contributed by atoms with Crippen LogP contribution >= 0.6 is 11.6 Å². The predicted octanol–water partition coefficient (Wildman–Crippen LogP) is 1.02. The number of morpholine rings is 1. The van der Waals surface area contributed by atoms with Crippen LogP contribution in [0.3, 0.4) is 0 Å². The first-order valence-electron chi connectivity index (χ1n) is 9.10. The fourth-order valence-electron chi connectivity index (χ4n) is 3.30. The van der Waals surface area contributed by atoms with Gasteiger partial charge in [0.25, 0.3) is 0 Å². The van der Waals surface area contributed by atoms with Crippen LogP contribution in [-0.4, -0.2) is 77.8 Å². The van der Waals surface area contributed by atoms with Crippen molar-refractivity contribution in [1.29, 1.82) is 0 Å². The van der Waals surface area contributed by atoms with Gasteiger partial charge in [-0.05, 0) is 24.3 Å². The number of hydrogen-bond acceptors (Lipinski definition) is 7. The monoisotopic (exact) mass is 391 g/mol. The van der Waals surface area contributed by atoms with Crippen LogP contribution in [0.4, 0.5) is 0 Å². The second kappa shape index (κ2) is 8.35. The number of aromatic nitrogens is 2. The lowest BCUT2D eigenvalue weighted by atomic mass is 10.2. The molecule has 2 aliphatic rings. The summed E-state index contributed by atoms with van der Waals surface area (Å²) in [7, 11) is 0. The first kappa shape index (κ1) is 18.4. The number of carbonyl (C=O) groups excluding carboxylic acids is 1. The van der Waals surface area contributed by atoms with Crippen molar-refractivity contribution >= 4 is 17.5 Å². The van der Waals surface area contributed by atoms with Crippen molar-refractivity contribution in [2.24, 2.45) is 0 Å². The molecule has 0 spiro atoms. The van der Waals surface area contributed by atoms with E-state index in [2.05, 4.69) is 20.4 Å². The molecule has 0 saturated carbocycles. The molecule has 3 heterocycles. The molecule has 1 unspecified atom stereocenters. The molecule has 1 atom stereocenters. The van der Waals surface area contributed by atoms with Gasteiger partial charge in [-0.1, -0.05) is 16.8 Å². The van der Waals surface area contributed by atoms with Crippen molar-refractivity contribution < 1.29 is 14.1 Å². The number of hydrogen-bond donors (Lipinski definition) is 1. The number of nitrogens with zero attached hydrogens (tertiary/aromatic N) is 4. The quantitative estimate of drug-likeness (QED) is 0.833. The van der Waals surface area contributed by atoms with Gasteiger partial charge in [-0.2, -0.15) is 4.98 Å². The van der Waals surface area contributed by atoms with Crippen molar-refractivity contribution in [3.63, 3.8) is 0 Å². The average molecular weight is 392 g/mol. The van der Waals surface area contributed by atoms with Gasteiger partial charge in [0.15, 0.2) is 0 Å². The maximum Gasteiger partial charge on any atom is 0.242 e. The summed E-state index contributed by atoms with van der Waals surface area (Å²) in [6, 6.07) is 7.11. The molecule has 0 radical (unpaired) electrons. The molecule has 9 heteroatoms. The van der Waals surface area contributed by atoms with Gasteiger partial charge in [0, 0.05) is 43.3 Å². The fourth-order valence-corrected chi connectivity index (χ4v) is 3.42. The molecule has 2 fully saturated rings. The molecule has 0 bridgehead atoms. The van der Waals surface area contributed by atoms with E-state index in [1.165, 1.54) is 0 Å². The van der Waals surface area contributed by atoms with Gasteiger partial charge >= 0.3 is 0 Å². The fraction of sp³-hybridized carbons (Fsp3) is 0.500. The molecule has 2 saturated heterocycles. The molecule has 2 aromatic rings. The zero-order valence-electron chi connectivity index (χ0n) is 14.9. The highest BCUT2D eigenvalue weighted by molar-refractivity contribution is 6.30. The molecular formula is C18H22ClN5O3. The van der Waals surface area contributed by atoms with Crippen LogP contribution in [0.15, 0.2) is 28.8 Å². The molecule has 4 rings (SSSR count). The van der Waals surface area contributed by atoms with Gasteiger partial charge < -0.3 is 19.5 Å². The van der Waals surface area contributed by atoms with Gasteiger partial charge in [0.2, 0.25) is 17.6 Å². The lowest BCUT2D eigenvalue weighted by molar-refractivity contribution is -0.138. The van der Waals surface area contributed by atoms with Gasteiger partial charge in [0.1, 0.15) is 6.04 Å². The van der Waals surface area contributed by atoms with E-state index in [9.17, 15) is 4.79 Å². The third-order valence-corrected chi connectivity index (χ3v) is 5.09. The van der Waals surface area contributed by atoms with E-state index in [0.717, 1.165) is 25.2 Å². The van der Waals surface area contributed by atoms with Gasteiger partial charge in [0.05, 0.1) is 19.8 Å². The minimum absolute atomic E-state index is 0.122. The Hall–Kier alpha value is -2.00. The van der Waals surface area contributed by atoms with Crippen molar-refractivity contribution in [2.75, 3.05) is 45.9 Å². The number of piperazine rings is 1. The number of halogens is 1. The lowest BCUT2D eigenvalue weighted by Gasteiger charge is -2.36. The van der Waals surface area contributed by atoms with Crippen LogP contribution in [0.5, 0.6) is 0 Å². The third kappa shape index (κ3) is 4.47. The first-order chi connectivity index (χ1) is 13.2. The summed E-state index contributed by atoms with van der Waals surface area (Å²) in [6.07, 6.45) is 0. The maximum atomic E-state index is 12.5. The predicted molar refractivity (Wildman–Crippen MR) is 99.2 cm³/mol. The minimum Gasteiger partial charge on any atom is -0.378 e. The Morgan fingerprint density at radius 1 is 1.22 bits per heavy atom. The number of benzene rings is 1. The molecule has 27 heavy (non-hydrogen) atoms. The molecule has 8 nitrogen and oxygen atoms in total. The van der Waals surface area contributed by atoms with E-state index in [-0.39, 0.29) is 11.9 Å². The van der Waals surface area contributed by atoms with Gasteiger partial charge in [-0.3, -0.25) is 9.69 Å². The van der Waals surface area contributed by atoms with Crippen LogP contribution in [0.1, 0.15) is 5.89 Å². The van der Waals surface area contributed by atoms with E-state index >= 15 is 0 Å². The highest BCUT2D eigenvalue weighted by atomic mass is 35.5. The zero-order chi connectivity index (χ0) is 18.6. The van der Waals surface area contributed by atoms with Crippen LogP contribution in [0.25, 0.3) is 11.4 Å². The second-order valence-electron chi connectivity index (χ2n) is 6.70. The Kier molecular flexibility index (Phi) is 5.68. The first-order valence-corrected chi connectivity index (χ1v) is 9.47. The summed E-state index contributed by atoms with van der Waals surface area (Å²) in [4.78, 5) is 21.1. The summed E-state index contributed by atoms with van der Waals surface area (Å²) < 4.78 is 10.8. The van der Waals surface area contributed by atoms with Crippen molar-refractivity contribution in [2.45, 2.75) is 12.6 Å². The lowest BCUT2D eigenvalue weighted by Crippen LogP contribution is -2.57. The average Bonchev–Trinajstić information content (AvgIpc) is 3.18. The number of nitrogens with one attached hydrogen (secondary N) is 1.